The summed E-state index contributed by atoms with van der Waals surface area (Å²) in [7, 11) is -0.969. The topological polar surface area (TPSA) is 73.8 Å². The van der Waals surface area contributed by atoms with Crippen molar-refractivity contribution in [1.82, 2.24) is 14.2 Å². The second-order valence-electron chi connectivity index (χ2n) is 6.41. The molecule has 0 saturated carbocycles. The maximum absolute atomic E-state index is 14.2. The van der Waals surface area contributed by atoms with Gasteiger partial charge < -0.3 is 9.80 Å². The Morgan fingerprint density at radius 2 is 1.70 bits per heavy atom. The molecule has 0 unspecified atom stereocenters. The molecule has 2 heterocycles. The molecule has 1 aromatic carbocycles. The molecule has 0 atom stereocenters. The summed E-state index contributed by atoms with van der Waals surface area (Å²) in [5.41, 5.74) is 0.789. The van der Waals surface area contributed by atoms with Crippen LogP contribution in [-0.4, -0.2) is 68.8 Å². The highest BCUT2D eigenvalue weighted by atomic mass is 32.2. The molecular weight excluding hydrogens is 371 g/mol. The van der Waals surface area contributed by atoms with Gasteiger partial charge in [-0.2, -0.15) is 0 Å². The smallest absolute Gasteiger partial charge is 0.256 e. The normalized spacial score (nSPS) is 15.3. The molecule has 1 aliphatic heterocycles. The minimum atomic E-state index is -3.74. The zero-order chi connectivity index (χ0) is 19.6. The molecule has 1 aromatic heterocycles. The van der Waals surface area contributed by atoms with Crippen LogP contribution in [0.1, 0.15) is 10.4 Å². The first-order valence-corrected chi connectivity index (χ1v) is 9.91. The lowest BCUT2D eigenvalue weighted by atomic mass is 10.1. The summed E-state index contributed by atoms with van der Waals surface area (Å²) < 4.78 is 39.8. The number of carbonyl (C=O) groups excluding carboxylic acids is 1. The Morgan fingerprint density at radius 3 is 2.30 bits per heavy atom. The van der Waals surface area contributed by atoms with Gasteiger partial charge in [-0.25, -0.2) is 17.1 Å². The molecule has 0 N–H and O–H groups in total. The highest BCUT2D eigenvalue weighted by molar-refractivity contribution is 7.89. The Bertz CT molecular complexity index is 927. The van der Waals surface area contributed by atoms with E-state index >= 15 is 0 Å². The number of nitrogens with zero attached hydrogens (tertiary/aromatic N) is 4. The number of piperazine rings is 1. The van der Waals surface area contributed by atoms with Crippen LogP contribution in [0.15, 0.2) is 47.6 Å². The molecule has 2 aromatic rings. The van der Waals surface area contributed by atoms with Crippen LogP contribution >= 0.6 is 0 Å². The molecule has 0 bridgehead atoms. The van der Waals surface area contributed by atoms with Crippen molar-refractivity contribution in [3.8, 4) is 0 Å². The molecule has 1 aliphatic rings. The number of amides is 1. The lowest BCUT2D eigenvalue weighted by Crippen LogP contribution is -2.49. The Hall–Kier alpha value is -2.52. The largest absolute Gasteiger partial charge is 0.368 e. The number of sulfonamides is 1. The third-order valence-electron chi connectivity index (χ3n) is 4.54. The van der Waals surface area contributed by atoms with Gasteiger partial charge in [0, 0.05) is 58.4 Å². The van der Waals surface area contributed by atoms with E-state index in [1.807, 2.05) is 12.1 Å². The van der Waals surface area contributed by atoms with Crippen LogP contribution in [0.4, 0.5) is 10.1 Å². The zero-order valence-corrected chi connectivity index (χ0v) is 16.0. The third-order valence-corrected chi connectivity index (χ3v) is 6.35. The molecule has 9 heteroatoms. The molecule has 1 fully saturated rings. The van der Waals surface area contributed by atoms with Crippen LogP contribution in [0.5, 0.6) is 0 Å². The van der Waals surface area contributed by atoms with Gasteiger partial charge >= 0.3 is 0 Å². The van der Waals surface area contributed by atoms with E-state index in [0.717, 1.165) is 22.1 Å². The van der Waals surface area contributed by atoms with E-state index in [-0.39, 0.29) is 10.5 Å². The maximum Gasteiger partial charge on any atom is 0.256 e. The highest BCUT2D eigenvalue weighted by Crippen LogP contribution is 2.21. The first-order valence-electron chi connectivity index (χ1n) is 8.47. The van der Waals surface area contributed by atoms with E-state index in [2.05, 4.69) is 9.88 Å². The van der Waals surface area contributed by atoms with Crippen LogP contribution in [0.3, 0.4) is 0 Å². The number of carbonyl (C=O) groups is 1. The number of rotatable bonds is 4. The molecule has 0 radical (unpaired) electrons. The predicted octanol–water partition coefficient (Wildman–Crippen LogP) is 1.43. The minimum absolute atomic E-state index is 0.104. The fourth-order valence-corrected chi connectivity index (χ4v) is 3.86. The maximum atomic E-state index is 14.2. The monoisotopic (exact) mass is 392 g/mol. The SMILES string of the molecule is CN(C)S(=O)(=O)c1ccc(F)c(C(=O)N2CCN(c3ccncc3)CC2)c1. The summed E-state index contributed by atoms with van der Waals surface area (Å²) in [6, 6.07) is 7.10. The van der Waals surface area contributed by atoms with Crippen LogP contribution in [0, 0.1) is 5.82 Å². The van der Waals surface area contributed by atoms with E-state index < -0.39 is 21.7 Å². The van der Waals surface area contributed by atoms with Crippen LogP contribution in [0.25, 0.3) is 0 Å². The van der Waals surface area contributed by atoms with Gasteiger partial charge in [-0.3, -0.25) is 9.78 Å². The molecule has 0 spiro atoms. The third kappa shape index (κ3) is 3.93. The van der Waals surface area contributed by atoms with Gasteiger partial charge in [0.05, 0.1) is 10.5 Å². The van der Waals surface area contributed by atoms with E-state index in [1.54, 1.807) is 17.3 Å². The molecule has 27 heavy (non-hydrogen) atoms. The van der Waals surface area contributed by atoms with Gasteiger partial charge in [-0.1, -0.05) is 0 Å². The molecule has 144 valence electrons. The van der Waals surface area contributed by atoms with Crippen molar-refractivity contribution in [2.24, 2.45) is 0 Å². The average Bonchev–Trinajstić information content (AvgIpc) is 2.68. The number of hydrogen-bond donors (Lipinski definition) is 0. The Balaban J connectivity index is 1.77. The van der Waals surface area contributed by atoms with Gasteiger partial charge in [-0.15, -0.1) is 0 Å². The van der Waals surface area contributed by atoms with Crippen molar-refractivity contribution in [3.63, 3.8) is 0 Å². The second kappa shape index (κ2) is 7.61. The number of benzene rings is 1. The van der Waals surface area contributed by atoms with Crippen molar-refractivity contribution in [3.05, 3.63) is 54.1 Å². The number of anilines is 1. The lowest BCUT2D eigenvalue weighted by molar-refractivity contribution is 0.0741. The Morgan fingerprint density at radius 1 is 1.07 bits per heavy atom. The Kier molecular flexibility index (Phi) is 5.43. The van der Waals surface area contributed by atoms with Crippen molar-refractivity contribution in [2.75, 3.05) is 45.2 Å². The lowest BCUT2D eigenvalue weighted by Gasteiger charge is -2.36. The van der Waals surface area contributed by atoms with E-state index in [0.29, 0.717) is 26.2 Å². The van der Waals surface area contributed by atoms with E-state index in [9.17, 15) is 17.6 Å². The van der Waals surface area contributed by atoms with Crippen LogP contribution < -0.4 is 4.90 Å². The summed E-state index contributed by atoms with van der Waals surface area (Å²) in [6.07, 6.45) is 3.41. The van der Waals surface area contributed by atoms with Gasteiger partial charge in [-0.05, 0) is 30.3 Å². The zero-order valence-electron chi connectivity index (χ0n) is 15.2. The Labute approximate surface area is 158 Å². The van der Waals surface area contributed by atoms with E-state index in [1.165, 1.54) is 20.2 Å². The van der Waals surface area contributed by atoms with Crippen LogP contribution in [0.2, 0.25) is 0 Å². The van der Waals surface area contributed by atoms with Gasteiger partial charge in [0.1, 0.15) is 5.82 Å². The average molecular weight is 392 g/mol. The fraction of sp³-hybridized carbons (Fsp3) is 0.333. The number of aromatic nitrogens is 1. The van der Waals surface area contributed by atoms with Gasteiger partial charge in [0.25, 0.3) is 5.91 Å². The van der Waals surface area contributed by atoms with E-state index in [4.69, 9.17) is 0 Å². The predicted molar refractivity (Wildman–Crippen MR) is 99.6 cm³/mol. The quantitative estimate of drug-likeness (QED) is 0.787. The summed E-state index contributed by atoms with van der Waals surface area (Å²) in [5, 5.41) is 0. The number of hydrogen-bond acceptors (Lipinski definition) is 5. The van der Waals surface area contributed by atoms with Gasteiger partial charge in [0.2, 0.25) is 10.0 Å². The number of halogens is 1. The fourth-order valence-electron chi connectivity index (χ4n) is 2.93. The molecular formula is C18H21FN4O3S. The van der Waals surface area contributed by atoms with Gasteiger partial charge in [0.15, 0.2) is 0 Å². The summed E-state index contributed by atoms with van der Waals surface area (Å²) in [6.45, 7) is 2.05. The van der Waals surface area contributed by atoms with Crippen molar-refractivity contribution < 1.29 is 17.6 Å². The van der Waals surface area contributed by atoms with Crippen molar-refractivity contribution in [2.45, 2.75) is 4.90 Å². The minimum Gasteiger partial charge on any atom is -0.368 e. The molecule has 3 rings (SSSR count). The first-order chi connectivity index (χ1) is 12.8. The standard InChI is InChI=1S/C18H21FN4O3S/c1-21(2)27(25,26)15-3-4-17(19)16(13-15)18(24)23-11-9-22(10-12-23)14-5-7-20-8-6-14/h3-8,13H,9-12H2,1-2H3. The summed E-state index contributed by atoms with van der Waals surface area (Å²) in [5.74, 6) is -1.23. The second-order valence-corrected chi connectivity index (χ2v) is 8.57. The van der Waals surface area contributed by atoms with Crippen molar-refractivity contribution >= 4 is 21.6 Å². The summed E-state index contributed by atoms with van der Waals surface area (Å²) in [4.78, 5) is 20.3. The van der Waals surface area contributed by atoms with Crippen molar-refractivity contribution in [1.29, 1.82) is 0 Å². The van der Waals surface area contributed by atoms with Crippen LogP contribution in [-0.2, 0) is 10.0 Å². The first kappa shape index (κ1) is 19.2. The molecule has 0 aliphatic carbocycles. The highest BCUT2D eigenvalue weighted by Gasteiger charge is 2.26. The molecule has 1 amide bonds. The molecule has 1 saturated heterocycles. The summed E-state index contributed by atoms with van der Waals surface area (Å²) >= 11 is 0. The number of pyridine rings is 1. The molecule has 7 nitrogen and oxygen atoms in total.